The SMILES string of the molecule is O=C1CCC2(CCN(C(=O)Nc3ccccc3F)CC2)CN1Cc1cccnc1. The first-order valence-electron chi connectivity index (χ1n) is 10.0. The smallest absolute Gasteiger partial charge is 0.321 e. The second kappa shape index (κ2) is 8.19. The van der Waals surface area contributed by atoms with Gasteiger partial charge in [-0.3, -0.25) is 9.78 Å². The highest BCUT2D eigenvalue weighted by Gasteiger charge is 2.41. The molecule has 152 valence electrons. The number of benzene rings is 1. The number of urea groups is 1. The van der Waals surface area contributed by atoms with Gasteiger partial charge in [0.2, 0.25) is 5.91 Å². The molecule has 6 nitrogen and oxygen atoms in total. The molecule has 2 aliphatic heterocycles. The van der Waals surface area contributed by atoms with Gasteiger partial charge in [0.1, 0.15) is 5.82 Å². The molecule has 0 unspecified atom stereocenters. The fourth-order valence-electron chi connectivity index (χ4n) is 4.31. The van der Waals surface area contributed by atoms with E-state index in [1.54, 1.807) is 35.5 Å². The van der Waals surface area contributed by atoms with Crippen molar-refractivity contribution in [3.05, 3.63) is 60.2 Å². The zero-order valence-corrected chi connectivity index (χ0v) is 16.3. The summed E-state index contributed by atoms with van der Waals surface area (Å²) in [6.07, 6.45) is 6.61. The zero-order valence-electron chi connectivity index (χ0n) is 16.3. The van der Waals surface area contributed by atoms with E-state index >= 15 is 0 Å². The molecule has 4 rings (SSSR count). The molecule has 7 heteroatoms. The summed E-state index contributed by atoms with van der Waals surface area (Å²) in [6.45, 7) is 2.50. The Labute approximate surface area is 169 Å². The van der Waals surface area contributed by atoms with Crippen molar-refractivity contribution >= 4 is 17.6 Å². The number of carbonyl (C=O) groups excluding carboxylic acids is 2. The van der Waals surface area contributed by atoms with Crippen molar-refractivity contribution in [1.82, 2.24) is 14.8 Å². The van der Waals surface area contributed by atoms with Crippen LogP contribution in [-0.2, 0) is 11.3 Å². The molecule has 2 aliphatic rings. The van der Waals surface area contributed by atoms with Crippen LogP contribution in [0.4, 0.5) is 14.9 Å². The highest BCUT2D eigenvalue weighted by Crippen LogP contribution is 2.40. The van der Waals surface area contributed by atoms with Gasteiger partial charge < -0.3 is 15.1 Å². The molecule has 1 aromatic heterocycles. The number of para-hydroxylation sites is 1. The Bertz CT molecular complexity index is 881. The Hall–Kier alpha value is -2.96. The maximum Gasteiger partial charge on any atom is 0.321 e. The Kier molecular flexibility index (Phi) is 5.47. The van der Waals surface area contributed by atoms with Gasteiger partial charge in [-0.1, -0.05) is 18.2 Å². The van der Waals surface area contributed by atoms with Crippen molar-refractivity contribution in [3.8, 4) is 0 Å². The second-order valence-corrected chi connectivity index (χ2v) is 8.01. The van der Waals surface area contributed by atoms with Gasteiger partial charge in [0, 0.05) is 45.0 Å². The normalized spacial score (nSPS) is 18.7. The molecule has 0 radical (unpaired) electrons. The van der Waals surface area contributed by atoms with Crippen LogP contribution in [0.2, 0.25) is 0 Å². The molecular formula is C22H25FN4O2. The van der Waals surface area contributed by atoms with Crippen LogP contribution in [-0.4, -0.2) is 46.4 Å². The summed E-state index contributed by atoms with van der Waals surface area (Å²) in [5.41, 5.74) is 1.27. The number of nitrogens with one attached hydrogen (secondary N) is 1. The fourth-order valence-corrected chi connectivity index (χ4v) is 4.31. The first-order valence-corrected chi connectivity index (χ1v) is 10.0. The van der Waals surface area contributed by atoms with Gasteiger partial charge in [0.25, 0.3) is 0 Å². The van der Waals surface area contributed by atoms with Gasteiger partial charge in [-0.25, -0.2) is 9.18 Å². The number of pyridine rings is 1. The van der Waals surface area contributed by atoms with Crippen molar-refractivity contribution in [2.45, 2.75) is 32.2 Å². The van der Waals surface area contributed by atoms with Gasteiger partial charge in [-0.05, 0) is 48.4 Å². The standard InChI is InChI=1S/C22H25FN4O2/c23-18-5-1-2-6-19(18)25-21(29)26-12-9-22(10-13-26)8-7-20(28)27(16-22)15-17-4-3-11-24-14-17/h1-6,11,14H,7-10,12-13,15-16H2,(H,25,29). The summed E-state index contributed by atoms with van der Waals surface area (Å²) in [5.74, 6) is -0.259. The molecule has 3 amide bonds. The van der Waals surface area contributed by atoms with Crippen LogP contribution in [0.5, 0.6) is 0 Å². The molecule has 0 aliphatic carbocycles. The lowest BCUT2D eigenvalue weighted by atomic mass is 9.72. The summed E-state index contributed by atoms with van der Waals surface area (Å²) in [5, 5.41) is 2.66. The number of nitrogens with zero attached hydrogens (tertiary/aromatic N) is 3. The van der Waals surface area contributed by atoms with E-state index in [9.17, 15) is 14.0 Å². The van der Waals surface area contributed by atoms with E-state index < -0.39 is 5.82 Å². The Morgan fingerprint density at radius 1 is 1.14 bits per heavy atom. The predicted octanol–water partition coefficient (Wildman–Crippen LogP) is 3.66. The fraction of sp³-hybridized carbons (Fsp3) is 0.409. The van der Waals surface area contributed by atoms with Crippen LogP contribution in [0, 0.1) is 11.2 Å². The average Bonchev–Trinajstić information content (AvgIpc) is 2.74. The molecule has 1 N–H and O–H groups in total. The van der Waals surface area contributed by atoms with Gasteiger partial charge in [0.05, 0.1) is 5.69 Å². The van der Waals surface area contributed by atoms with E-state index in [0.29, 0.717) is 32.6 Å². The highest BCUT2D eigenvalue weighted by atomic mass is 19.1. The molecule has 3 heterocycles. The molecule has 29 heavy (non-hydrogen) atoms. The van der Waals surface area contributed by atoms with Gasteiger partial charge in [-0.2, -0.15) is 0 Å². The number of anilines is 1. The molecule has 0 bridgehead atoms. The van der Waals surface area contributed by atoms with E-state index in [4.69, 9.17) is 0 Å². The lowest BCUT2D eigenvalue weighted by Gasteiger charge is -2.47. The van der Waals surface area contributed by atoms with Crippen LogP contribution in [0.1, 0.15) is 31.2 Å². The summed E-state index contributed by atoms with van der Waals surface area (Å²) in [7, 11) is 0. The van der Waals surface area contributed by atoms with Crippen LogP contribution < -0.4 is 5.32 Å². The summed E-state index contributed by atoms with van der Waals surface area (Å²) < 4.78 is 13.8. The van der Waals surface area contributed by atoms with Crippen LogP contribution in [0.15, 0.2) is 48.8 Å². The molecule has 2 saturated heterocycles. The van der Waals surface area contributed by atoms with Gasteiger partial charge >= 0.3 is 6.03 Å². The van der Waals surface area contributed by atoms with E-state index in [-0.39, 0.29) is 23.0 Å². The van der Waals surface area contributed by atoms with Crippen molar-refractivity contribution in [1.29, 1.82) is 0 Å². The number of carbonyl (C=O) groups is 2. The zero-order chi connectivity index (χ0) is 20.3. The number of hydrogen-bond acceptors (Lipinski definition) is 3. The van der Waals surface area contributed by atoms with Crippen molar-refractivity contribution in [2.75, 3.05) is 25.0 Å². The topological polar surface area (TPSA) is 65.5 Å². The summed E-state index contributed by atoms with van der Waals surface area (Å²) in [4.78, 5) is 32.7. The number of rotatable bonds is 3. The lowest BCUT2D eigenvalue weighted by Crippen LogP contribution is -2.52. The van der Waals surface area contributed by atoms with Crippen molar-refractivity contribution in [2.24, 2.45) is 5.41 Å². The predicted molar refractivity (Wildman–Crippen MR) is 108 cm³/mol. The minimum absolute atomic E-state index is 0.0465. The quantitative estimate of drug-likeness (QED) is 0.861. The van der Waals surface area contributed by atoms with Crippen molar-refractivity contribution in [3.63, 3.8) is 0 Å². The number of piperidine rings is 2. The van der Waals surface area contributed by atoms with Gasteiger partial charge in [0.15, 0.2) is 0 Å². The minimum atomic E-state index is -0.439. The van der Waals surface area contributed by atoms with Crippen LogP contribution >= 0.6 is 0 Å². The average molecular weight is 396 g/mol. The molecule has 0 saturated carbocycles. The Morgan fingerprint density at radius 2 is 1.93 bits per heavy atom. The van der Waals surface area contributed by atoms with Crippen molar-refractivity contribution < 1.29 is 14.0 Å². The third-order valence-electron chi connectivity index (χ3n) is 6.07. The molecule has 2 fully saturated rings. The number of hydrogen-bond donors (Lipinski definition) is 1. The van der Waals surface area contributed by atoms with Crippen LogP contribution in [0.25, 0.3) is 0 Å². The summed E-state index contributed by atoms with van der Waals surface area (Å²) >= 11 is 0. The first-order chi connectivity index (χ1) is 14.0. The summed E-state index contributed by atoms with van der Waals surface area (Å²) in [6, 6.07) is 9.77. The Morgan fingerprint density at radius 3 is 2.66 bits per heavy atom. The number of halogens is 1. The van der Waals surface area contributed by atoms with E-state index in [0.717, 1.165) is 24.8 Å². The molecule has 2 aromatic rings. The maximum atomic E-state index is 13.8. The molecule has 0 atom stereocenters. The third-order valence-corrected chi connectivity index (χ3v) is 6.07. The highest BCUT2D eigenvalue weighted by molar-refractivity contribution is 5.89. The maximum absolute atomic E-state index is 13.8. The Balaban J connectivity index is 1.36. The van der Waals surface area contributed by atoms with Gasteiger partial charge in [-0.15, -0.1) is 0 Å². The largest absolute Gasteiger partial charge is 0.338 e. The lowest BCUT2D eigenvalue weighted by molar-refractivity contribution is -0.139. The number of aromatic nitrogens is 1. The monoisotopic (exact) mass is 396 g/mol. The second-order valence-electron chi connectivity index (χ2n) is 8.01. The van der Waals surface area contributed by atoms with E-state index in [1.165, 1.54) is 6.07 Å². The van der Waals surface area contributed by atoms with Crippen LogP contribution in [0.3, 0.4) is 0 Å². The number of likely N-dealkylation sites (tertiary alicyclic amines) is 2. The third kappa shape index (κ3) is 4.39. The molecule has 1 aromatic carbocycles. The first kappa shape index (κ1) is 19.4. The molecular weight excluding hydrogens is 371 g/mol. The minimum Gasteiger partial charge on any atom is -0.338 e. The number of amides is 3. The van der Waals surface area contributed by atoms with E-state index in [2.05, 4.69) is 10.3 Å². The van der Waals surface area contributed by atoms with E-state index in [1.807, 2.05) is 17.0 Å². The molecule has 1 spiro atoms.